The van der Waals surface area contributed by atoms with E-state index in [-0.39, 0.29) is 6.10 Å². The lowest BCUT2D eigenvalue weighted by atomic mass is 9.75. The van der Waals surface area contributed by atoms with Crippen molar-refractivity contribution in [1.29, 1.82) is 0 Å². The van der Waals surface area contributed by atoms with Gasteiger partial charge >= 0.3 is 0 Å². The second kappa shape index (κ2) is 3.09. The molecule has 2 nitrogen and oxygen atoms in total. The molecule has 1 aliphatic carbocycles. The summed E-state index contributed by atoms with van der Waals surface area (Å²) in [6, 6.07) is 0. The number of aliphatic hydroxyl groups is 1. The van der Waals surface area contributed by atoms with Gasteiger partial charge in [-0.25, -0.2) is 0 Å². The molecule has 2 rings (SSSR count). The predicted molar refractivity (Wildman–Crippen MR) is 48.6 cm³/mol. The van der Waals surface area contributed by atoms with Crippen molar-refractivity contribution in [2.75, 3.05) is 13.1 Å². The summed E-state index contributed by atoms with van der Waals surface area (Å²) in [7, 11) is 0. The molecule has 1 heterocycles. The van der Waals surface area contributed by atoms with Crippen LogP contribution in [0.5, 0.6) is 0 Å². The van der Waals surface area contributed by atoms with Crippen LogP contribution in [0.2, 0.25) is 0 Å². The van der Waals surface area contributed by atoms with E-state index in [4.69, 9.17) is 0 Å². The number of nitrogens with zero attached hydrogens (tertiary/aromatic N) is 1. The van der Waals surface area contributed by atoms with Crippen molar-refractivity contribution in [3.05, 3.63) is 12.8 Å². The highest BCUT2D eigenvalue weighted by Crippen LogP contribution is 2.34. The van der Waals surface area contributed by atoms with E-state index < -0.39 is 0 Å². The molecule has 12 heavy (non-hydrogen) atoms. The number of likely N-dealkylation sites (tertiary alicyclic amines) is 1. The number of piperidine rings is 1. The van der Waals surface area contributed by atoms with Gasteiger partial charge in [0.15, 0.2) is 0 Å². The molecule has 2 atom stereocenters. The van der Waals surface area contributed by atoms with E-state index in [1.165, 1.54) is 19.3 Å². The number of rotatable bonds is 1. The molecular formula is C10H17NO. The Labute approximate surface area is 73.9 Å². The van der Waals surface area contributed by atoms with Gasteiger partial charge < -0.3 is 10.0 Å². The van der Waals surface area contributed by atoms with Crippen LogP contribution in [0.4, 0.5) is 0 Å². The fraction of sp³-hybridized carbons (Fsp3) is 0.800. The van der Waals surface area contributed by atoms with E-state index in [0.717, 1.165) is 13.1 Å². The Morgan fingerprint density at radius 1 is 1.25 bits per heavy atom. The van der Waals surface area contributed by atoms with Gasteiger partial charge in [0.2, 0.25) is 0 Å². The van der Waals surface area contributed by atoms with Gasteiger partial charge in [-0.2, -0.15) is 0 Å². The van der Waals surface area contributed by atoms with Crippen molar-refractivity contribution in [3.8, 4) is 0 Å². The Morgan fingerprint density at radius 3 is 2.33 bits per heavy atom. The second-order valence-corrected chi connectivity index (χ2v) is 4.08. The van der Waals surface area contributed by atoms with E-state index in [0.29, 0.717) is 11.8 Å². The maximum atomic E-state index is 9.84. The standard InChI is InChI=1S/C10H17NO/c1-2-11-6-8-4-3-5-9(7-11)10(8)12/h2,8-10,12H,1,3-7H2. The van der Waals surface area contributed by atoms with E-state index in [9.17, 15) is 5.11 Å². The van der Waals surface area contributed by atoms with Gasteiger partial charge in [-0.15, -0.1) is 0 Å². The number of hydrogen-bond donors (Lipinski definition) is 1. The Bertz CT molecular complexity index is 167. The molecule has 1 N–H and O–H groups in total. The summed E-state index contributed by atoms with van der Waals surface area (Å²) in [5, 5.41) is 9.84. The third kappa shape index (κ3) is 1.24. The van der Waals surface area contributed by atoms with Crippen LogP contribution in [0.1, 0.15) is 19.3 Å². The van der Waals surface area contributed by atoms with Crippen molar-refractivity contribution >= 4 is 0 Å². The molecule has 0 radical (unpaired) electrons. The largest absolute Gasteiger partial charge is 0.392 e. The van der Waals surface area contributed by atoms with Crippen LogP contribution in [0.25, 0.3) is 0 Å². The maximum Gasteiger partial charge on any atom is 0.0630 e. The zero-order chi connectivity index (χ0) is 8.55. The van der Waals surface area contributed by atoms with Crippen LogP contribution in [-0.4, -0.2) is 29.2 Å². The van der Waals surface area contributed by atoms with Gasteiger partial charge in [-0.3, -0.25) is 0 Å². The van der Waals surface area contributed by atoms with Gasteiger partial charge in [0, 0.05) is 24.9 Å². The maximum absolute atomic E-state index is 9.84. The van der Waals surface area contributed by atoms with E-state index in [1.807, 2.05) is 6.20 Å². The van der Waals surface area contributed by atoms with Crippen LogP contribution in [0, 0.1) is 11.8 Å². The first-order valence-electron chi connectivity index (χ1n) is 4.86. The summed E-state index contributed by atoms with van der Waals surface area (Å²) in [6.45, 7) is 5.81. The van der Waals surface area contributed by atoms with E-state index in [2.05, 4.69) is 11.5 Å². The van der Waals surface area contributed by atoms with Crippen LogP contribution in [-0.2, 0) is 0 Å². The van der Waals surface area contributed by atoms with Crippen molar-refractivity contribution in [1.82, 2.24) is 4.90 Å². The summed E-state index contributed by atoms with van der Waals surface area (Å²) >= 11 is 0. The molecule has 0 aromatic heterocycles. The lowest BCUT2D eigenvalue weighted by Crippen LogP contribution is -2.49. The highest BCUT2D eigenvalue weighted by molar-refractivity contribution is 4.92. The molecule has 2 aliphatic rings. The minimum absolute atomic E-state index is 0.0325. The van der Waals surface area contributed by atoms with Gasteiger partial charge in [-0.05, 0) is 19.0 Å². The summed E-state index contributed by atoms with van der Waals surface area (Å²) in [4.78, 5) is 2.25. The van der Waals surface area contributed by atoms with Crippen molar-refractivity contribution < 1.29 is 5.11 Å². The first kappa shape index (κ1) is 8.11. The lowest BCUT2D eigenvalue weighted by molar-refractivity contribution is -0.0360. The third-order valence-corrected chi connectivity index (χ3v) is 3.31. The molecule has 2 fully saturated rings. The SMILES string of the molecule is C=CN1CC2CCCC(C1)C2O. The average Bonchev–Trinajstić information content (AvgIpc) is 2.04. The smallest absolute Gasteiger partial charge is 0.0630 e. The van der Waals surface area contributed by atoms with Crippen LogP contribution in [0.3, 0.4) is 0 Å². The van der Waals surface area contributed by atoms with Crippen molar-refractivity contribution in [3.63, 3.8) is 0 Å². The van der Waals surface area contributed by atoms with E-state index in [1.54, 1.807) is 0 Å². The van der Waals surface area contributed by atoms with Crippen LogP contribution >= 0.6 is 0 Å². The zero-order valence-corrected chi connectivity index (χ0v) is 7.45. The lowest BCUT2D eigenvalue weighted by Gasteiger charge is -2.44. The Hall–Kier alpha value is -0.500. The number of hydrogen-bond acceptors (Lipinski definition) is 2. The first-order chi connectivity index (χ1) is 5.81. The average molecular weight is 167 g/mol. The highest BCUT2D eigenvalue weighted by atomic mass is 16.3. The van der Waals surface area contributed by atoms with Gasteiger partial charge in [0.25, 0.3) is 0 Å². The fourth-order valence-corrected chi connectivity index (χ4v) is 2.59. The Morgan fingerprint density at radius 2 is 1.83 bits per heavy atom. The molecule has 1 saturated carbocycles. The Kier molecular flexibility index (Phi) is 2.09. The van der Waals surface area contributed by atoms with Crippen molar-refractivity contribution in [2.45, 2.75) is 25.4 Å². The van der Waals surface area contributed by atoms with Crippen LogP contribution < -0.4 is 0 Å². The molecule has 2 heteroatoms. The predicted octanol–water partition coefficient (Wildman–Crippen LogP) is 1.22. The summed E-state index contributed by atoms with van der Waals surface area (Å²) in [5.41, 5.74) is 0. The normalized spacial score (nSPS) is 41.1. The number of fused-ring (bicyclic) bond motifs is 2. The Balaban J connectivity index is 2.07. The summed E-state index contributed by atoms with van der Waals surface area (Å²) < 4.78 is 0. The quantitative estimate of drug-likeness (QED) is 0.635. The van der Waals surface area contributed by atoms with Gasteiger partial charge in [-0.1, -0.05) is 13.0 Å². The molecule has 0 aromatic rings. The molecule has 0 aromatic carbocycles. The molecule has 0 amide bonds. The first-order valence-corrected chi connectivity index (χ1v) is 4.86. The van der Waals surface area contributed by atoms with Crippen molar-refractivity contribution in [2.24, 2.45) is 11.8 Å². The molecule has 68 valence electrons. The second-order valence-electron chi connectivity index (χ2n) is 4.08. The third-order valence-electron chi connectivity index (χ3n) is 3.31. The zero-order valence-electron chi connectivity index (χ0n) is 7.45. The van der Waals surface area contributed by atoms with Gasteiger partial charge in [0.1, 0.15) is 0 Å². The summed E-state index contributed by atoms with van der Waals surface area (Å²) in [5.74, 6) is 1.02. The monoisotopic (exact) mass is 167 g/mol. The van der Waals surface area contributed by atoms with E-state index >= 15 is 0 Å². The van der Waals surface area contributed by atoms with Crippen LogP contribution in [0.15, 0.2) is 12.8 Å². The minimum atomic E-state index is -0.0325. The molecule has 1 aliphatic heterocycles. The van der Waals surface area contributed by atoms with Gasteiger partial charge in [0.05, 0.1) is 6.10 Å². The minimum Gasteiger partial charge on any atom is -0.392 e. The fourth-order valence-electron chi connectivity index (χ4n) is 2.59. The molecule has 0 spiro atoms. The molecular weight excluding hydrogens is 150 g/mol. The summed E-state index contributed by atoms with van der Waals surface area (Å²) in [6.07, 6.45) is 5.58. The molecule has 2 unspecified atom stereocenters. The highest BCUT2D eigenvalue weighted by Gasteiger charge is 2.37. The topological polar surface area (TPSA) is 23.5 Å². The molecule has 1 saturated heterocycles. The number of aliphatic hydroxyl groups excluding tert-OH is 1. The molecule has 2 bridgehead atoms.